The van der Waals surface area contributed by atoms with E-state index in [1.165, 1.54) is 89.0 Å². The molecule has 0 fully saturated rings. The topological polar surface area (TPSA) is 32.8 Å². The van der Waals surface area contributed by atoms with Crippen LogP contribution in [0.1, 0.15) is 49.9 Å². The molecule has 0 radical (unpaired) electrons. The van der Waals surface area contributed by atoms with E-state index in [9.17, 15) is 0 Å². The van der Waals surface area contributed by atoms with Gasteiger partial charge >= 0.3 is 0 Å². The van der Waals surface area contributed by atoms with Gasteiger partial charge in [0.15, 0.2) is 5.58 Å². The van der Waals surface area contributed by atoms with Gasteiger partial charge in [-0.1, -0.05) is 252 Å². The molecule has 2 heterocycles. The first-order chi connectivity index (χ1) is 46.5. The summed E-state index contributed by atoms with van der Waals surface area (Å²) in [4.78, 5) is 4.73. The molecule has 14 aromatic carbocycles. The Morgan fingerprint density at radius 2 is 0.600 bits per heavy atom. The Labute approximate surface area is 562 Å². The van der Waals surface area contributed by atoms with Crippen molar-refractivity contribution in [1.29, 1.82) is 0 Å². The number of benzene rings is 14. The molecule has 0 saturated carbocycles. The lowest BCUT2D eigenvalue weighted by molar-refractivity contribution is 0.646. The van der Waals surface area contributed by atoms with Crippen molar-refractivity contribution in [3.63, 3.8) is 0 Å². The minimum absolute atomic E-state index is 0.0883. The maximum Gasteiger partial charge on any atom is 0.151 e. The van der Waals surface area contributed by atoms with Crippen LogP contribution in [-0.4, -0.2) is 0 Å². The molecule has 0 bridgehead atoms. The summed E-state index contributed by atoms with van der Waals surface area (Å²) in [7, 11) is 0. The Bertz CT molecular complexity index is 5400. The van der Waals surface area contributed by atoms with Gasteiger partial charge in [-0.2, -0.15) is 0 Å². The van der Waals surface area contributed by atoms with E-state index in [-0.39, 0.29) is 10.8 Å². The van der Waals surface area contributed by atoms with Crippen molar-refractivity contribution in [3.8, 4) is 66.8 Å². The SMILES string of the molecule is CC1(C)c2ccccc2-c2cc3c(cc21)oc1c(Br)ccc(N(c2ccc(-c4ccccc4)cc2)c2ccc(-c4ccccc4)cc2)c13.CC1(C)c2ccccc2-c2cc3c(cc21)oc1cccc(N(c2ccc(-c4ccccc4)cc2)c2ccc(-c4ccccc4)cc2)c13. The van der Waals surface area contributed by atoms with Crippen LogP contribution in [0.2, 0.25) is 0 Å². The van der Waals surface area contributed by atoms with E-state index in [4.69, 9.17) is 8.83 Å². The Balaban J connectivity index is 0.000000144. The van der Waals surface area contributed by atoms with Gasteiger partial charge in [0.25, 0.3) is 0 Å². The number of hydrogen-bond donors (Lipinski definition) is 0. The Morgan fingerprint density at radius 3 is 1.00 bits per heavy atom. The first-order valence-corrected chi connectivity index (χ1v) is 33.4. The molecule has 0 aliphatic heterocycles. The molecule has 0 amide bonds. The number of halogens is 1. The molecule has 0 spiro atoms. The second kappa shape index (κ2) is 23.1. The summed E-state index contributed by atoms with van der Waals surface area (Å²) in [5.74, 6) is 0. The van der Waals surface area contributed by atoms with Crippen molar-refractivity contribution in [2.24, 2.45) is 0 Å². The summed E-state index contributed by atoms with van der Waals surface area (Å²) in [5.41, 5.74) is 30.0. The summed E-state index contributed by atoms with van der Waals surface area (Å²) in [6.07, 6.45) is 0. The number of furan rings is 2. The number of rotatable bonds is 10. The van der Waals surface area contributed by atoms with Gasteiger partial charge in [-0.3, -0.25) is 0 Å². The van der Waals surface area contributed by atoms with Gasteiger partial charge in [-0.05, 0) is 202 Å². The smallest absolute Gasteiger partial charge is 0.151 e. The Morgan fingerprint density at radius 1 is 0.263 bits per heavy atom. The van der Waals surface area contributed by atoms with Crippen LogP contribution in [0.15, 0.2) is 335 Å². The fraction of sp³-hybridized carbons (Fsp3) is 0.0667. The molecule has 95 heavy (non-hydrogen) atoms. The van der Waals surface area contributed by atoms with Crippen molar-refractivity contribution in [1.82, 2.24) is 0 Å². The lowest BCUT2D eigenvalue weighted by Crippen LogP contribution is -2.14. The lowest BCUT2D eigenvalue weighted by atomic mass is 9.82. The molecule has 0 unspecified atom stereocenters. The normalized spacial score (nSPS) is 13.1. The molecule has 4 nitrogen and oxygen atoms in total. The quantitative estimate of drug-likeness (QED) is 0.137. The van der Waals surface area contributed by atoms with Gasteiger partial charge in [0.2, 0.25) is 0 Å². The molecule has 2 aromatic heterocycles. The molecule has 0 saturated heterocycles. The van der Waals surface area contributed by atoms with Gasteiger partial charge < -0.3 is 18.6 Å². The third-order valence-corrected chi connectivity index (χ3v) is 20.5. The highest BCUT2D eigenvalue weighted by atomic mass is 79.9. The number of hydrogen-bond acceptors (Lipinski definition) is 4. The molecule has 454 valence electrons. The molecule has 2 aliphatic rings. The highest BCUT2D eigenvalue weighted by Crippen LogP contribution is 2.55. The van der Waals surface area contributed by atoms with Gasteiger partial charge in [-0.25, -0.2) is 0 Å². The molecule has 5 heteroatoms. The van der Waals surface area contributed by atoms with Crippen molar-refractivity contribution in [2.75, 3.05) is 9.80 Å². The second-order valence-electron chi connectivity index (χ2n) is 26.1. The zero-order chi connectivity index (χ0) is 63.9. The van der Waals surface area contributed by atoms with Crippen LogP contribution in [0, 0.1) is 0 Å². The van der Waals surface area contributed by atoms with Gasteiger partial charge in [0.1, 0.15) is 16.7 Å². The maximum atomic E-state index is 6.74. The van der Waals surface area contributed by atoms with Crippen LogP contribution in [0.4, 0.5) is 34.1 Å². The zero-order valence-corrected chi connectivity index (χ0v) is 54.8. The molecular weight excluding hydrogens is 1220 g/mol. The predicted octanol–water partition coefficient (Wildman–Crippen LogP) is 26.2. The average Bonchev–Trinajstić information content (AvgIpc) is 1.57. The maximum absolute atomic E-state index is 6.74. The summed E-state index contributed by atoms with van der Waals surface area (Å²) in [5, 5.41) is 4.45. The second-order valence-corrected chi connectivity index (χ2v) is 26.9. The molecule has 16 aromatic rings. The third-order valence-electron chi connectivity index (χ3n) is 19.8. The zero-order valence-electron chi connectivity index (χ0n) is 53.2. The predicted molar refractivity (Wildman–Crippen MR) is 401 cm³/mol. The highest BCUT2D eigenvalue weighted by Gasteiger charge is 2.38. The minimum atomic E-state index is -0.105. The first-order valence-electron chi connectivity index (χ1n) is 32.6. The fourth-order valence-corrected chi connectivity index (χ4v) is 15.4. The molecule has 0 N–H and O–H groups in total. The first kappa shape index (κ1) is 57.6. The van der Waals surface area contributed by atoms with Crippen molar-refractivity contribution in [2.45, 2.75) is 38.5 Å². The van der Waals surface area contributed by atoms with Crippen molar-refractivity contribution in [3.05, 3.63) is 348 Å². The average molecular weight is 1290 g/mol. The van der Waals surface area contributed by atoms with Gasteiger partial charge in [0.05, 0.1) is 26.6 Å². The molecule has 0 atom stereocenters. The number of fused-ring (bicyclic) bond motifs is 12. The van der Waals surface area contributed by atoms with E-state index in [0.29, 0.717) is 0 Å². The van der Waals surface area contributed by atoms with Crippen LogP contribution in [0.3, 0.4) is 0 Å². The summed E-state index contributed by atoms with van der Waals surface area (Å²) in [6.45, 7) is 9.26. The standard InChI is InChI=1S/C45H32BrNO.C45H33NO/c1-45(2)38-16-10-9-15-35(38)36-27-37-42(28-39(36)45)48-44-40(46)25-26-41(43(37)44)47(33-21-17-31(18-22-33)29-11-5-3-6-12-29)34-23-19-32(20-24-34)30-13-7-4-8-14-30;1-45(2)39-17-10-9-16-36(39)37-28-38-43(29-40(37)45)47-42-19-11-18-41(44(38)42)46(34-24-20-32(21-25-34)30-12-5-3-6-13-30)35-26-22-33(23-27-35)31-14-7-4-8-15-31/h3-28H,1-2H3;3-29H,1-2H3. The van der Waals surface area contributed by atoms with Crippen LogP contribution in [0.25, 0.3) is 111 Å². The third kappa shape index (κ3) is 9.88. The van der Waals surface area contributed by atoms with Crippen LogP contribution < -0.4 is 9.80 Å². The largest absolute Gasteiger partial charge is 0.456 e. The summed E-state index contributed by atoms with van der Waals surface area (Å²) in [6, 6.07) is 115. The van der Waals surface area contributed by atoms with E-state index in [1.807, 2.05) is 0 Å². The van der Waals surface area contributed by atoms with E-state index in [1.54, 1.807) is 0 Å². The Hall–Kier alpha value is -11.2. The van der Waals surface area contributed by atoms with E-state index >= 15 is 0 Å². The fourth-order valence-electron chi connectivity index (χ4n) is 15.0. The van der Waals surface area contributed by atoms with Gasteiger partial charge in [-0.15, -0.1) is 0 Å². The van der Waals surface area contributed by atoms with E-state index in [0.717, 1.165) is 82.5 Å². The summed E-state index contributed by atoms with van der Waals surface area (Å²) >= 11 is 3.85. The van der Waals surface area contributed by atoms with Gasteiger partial charge in [0, 0.05) is 44.4 Å². The monoisotopic (exact) mass is 1280 g/mol. The van der Waals surface area contributed by atoms with Crippen LogP contribution >= 0.6 is 15.9 Å². The number of anilines is 6. The lowest BCUT2D eigenvalue weighted by Gasteiger charge is -2.27. The molecule has 2 aliphatic carbocycles. The van der Waals surface area contributed by atoms with Crippen LogP contribution in [0.5, 0.6) is 0 Å². The summed E-state index contributed by atoms with van der Waals surface area (Å²) < 4.78 is 14.3. The van der Waals surface area contributed by atoms with Crippen LogP contribution in [-0.2, 0) is 10.8 Å². The van der Waals surface area contributed by atoms with E-state index in [2.05, 4.69) is 375 Å². The van der Waals surface area contributed by atoms with E-state index < -0.39 is 0 Å². The van der Waals surface area contributed by atoms with Crippen molar-refractivity contribution >= 4 is 93.9 Å². The highest BCUT2D eigenvalue weighted by molar-refractivity contribution is 9.10. The molecule has 18 rings (SSSR count). The number of nitrogens with zero attached hydrogens (tertiary/aromatic N) is 2. The van der Waals surface area contributed by atoms with Crippen molar-refractivity contribution < 1.29 is 8.83 Å². The minimum Gasteiger partial charge on any atom is -0.456 e. The Kier molecular flexibility index (Phi) is 14.0. The molecular formula is C90H65BrN2O2.